The van der Waals surface area contributed by atoms with E-state index in [0.29, 0.717) is 30.2 Å². The largest absolute Gasteiger partial charge is 0.494 e. The maximum absolute atomic E-state index is 12.6. The summed E-state index contributed by atoms with van der Waals surface area (Å²) >= 11 is 0. The predicted molar refractivity (Wildman–Crippen MR) is 72.2 cm³/mol. The summed E-state index contributed by atoms with van der Waals surface area (Å²) in [5.41, 5.74) is 11.8. The molecular formula is C13H17N3O4. The third kappa shape index (κ3) is 2.53. The van der Waals surface area contributed by atoms with Crippen molar-refractivity contribution in [2.24, 2.45) is 5.73 Å². The van der Waals surface area contributed by atoms with E-state index >= 15 is 0 Å². The van der Waals surface area contributed by atoms with E-state index in [-0.39, 0.29) is 12.5 Å². The Hall–Kier alpha value is -2.28. The van der Waals surface area contributed by atoms with Crippen molar-refractivity contribution in [2.45, 2.75) is 6.04 Å². The van der Waals surface area contributed by atoms with Crippen LogP contribution in [-0.2, 0) is 9.53 Å². The maximum atomic E-state index is 12.6. The number of para-hydroxylation sites is 1. The number of methoxy groups -OCH3 is 1. The highest BCUT2D eigenvalue weighted by Gasteiger charge is 2.33. The lowest BCUT2D eigenvalue weighted by molar-refractivity contribution is -0.127. The molecule has 2 amide bonds. The third-order valence-electron chi connectivity index (χ3n) is 3.20. The van der Waals surface area contributed by atoms with Crippen molar-refractivity contribution in [1.29, 1.82) is 0 Å². The first-order valence-corrected chi connectivity index (χ1v) is 6.16. The molecule has 0 bridgehead atoms. The highest BCUT2D eigenvalue weighted by atomic mass is 16.5. The molecule has 1 aliphatic heterocycles. The van der Waals surface area contributed by atoms with Crippen LogP contribution in [0.4, 0.5) is 5.69 Å². The highest BCUT2D eigenvalue weighted by molar-refractivity contribution is 6.01. The molecule has 7 heteroatoms. The molecule has 0 aromatic heterocycles. The molecule has 1 aromatic rings. The number of anilines is 1. The summed E-state index contributed by atoms with van der Waals surface area (Å²) in [5.74, 6) is -0.644. The molecule has 0 spiro atoms. The minimum atomic E-state index is -0.776. The van der Waals surface area contributed by atoms with Gasteiger partial charge >= 0.3 is 0 Å². The number of nitrogens with two attached hydrogens (primary N) is 2. The van der Waals surface area contributed by atoms with Crippen molar-refractivity contribution in [1.82, 2.24) is 4.90 Å². The predicted octanol–water partition coefficient (Wildman–Crippen LogP) is -0.396. The first-order chi connectivity index (χ1) is 9.56. The summed E-state index contributed by atoms with van der Waals surface area (Å²) in [6.45, 7) is 0.760. The van der Waals surface area contributed by atoms with Gasteiger partial charge in [0.15, 0.2) is 5.75 Å². The number of morpholine rings is 1. The summed E-state index contributed by atoms with van der Waals surface area (Å²) in [5, 5.41) is 0. The summed E-state index contributed by atoms with van der Waals surface area (Å²) in [6, 6.07) is 4.12. The number of nitrogen functional groups attached to an aromatic ring is 1. The number of ether oxygens (including phenoxy) is 2. The molecule has 2 rings (SSSR count). The SMILES string of the molecule is COc1c(N)cccc1C(=O)N1CCOCC1C(N)=O. The number of rotatable bonds is 3. The van der Waals surface area contributed by atoms with E-state index in [9.17, 15) is 9.59 Å². The Balaban J connectivity index is 2.35. The Kier molecular flexibility index (Phi) is 4.09. The van der Waals surface area contributed by atoms with E-state index in [0.717, 1.165) is 0 Å². The van der Waals surface area contributed by atoms with Crippen molar-refractivity contribution < 1.29 is 19.1 Å². The monoisotopic (exact) mass is 279 g/mol. The molecule has 0 radical (unpaired) electrons. The van der Waals surface area contributed by atoms with Gasteiger partial charge in [0.25, 0.3) is 5.91 Å². The lowest BCUT2D eigenvalue weighted by Crippen LogP contribution is -2.54. The van der Waals surface area contributed by atoms with Crippen molar-refractivity contribution in [3.63, 3.8) is 0 Å². The molecular weight excluding hydrogens is 262 g/mol. The fourth-order valence-electron chi connectivity index (χ4n) is 2.19. The van der Waals surface area contributed by atoms with Crippen molar-refractivity contribution in [2.75, 3.05) is 32.6 Å². The summed E-state index contributed by atoms with van der Waals surface area (Å²) < 4.78 is 10.4. The van der Waals surface area contributed by atoms with Crippen LogP contribution in [0, 0.1) is 0 Å². The van der Waals surface area contributed by atoms with Gasteiger partial charge in [0.2, 0.25) is 5.91 Å². The van der Waals surface area contributed by atoms with Crippen LogP contribution in [0.1, 0.15) is 10.4 Å². The van der Waals surface area contributed by atoms with Gasteiger partial charge in [-0.25, -0.2) is 0 Å². The van der Waals surface area contributed by atoms with Crippen molar-refractivity contribution >= 4 is 17.5 Å². The van der Waals surface area contributed by atoms with E-state index < -0.39 is 11.9 Å². The van der Waals surface area contributed by atoms with E-state index in [4.69, 9.17) is 20.9 Å². The summed E-state index contributed by atoms with van der Waals surface area (Å²) in [6.07, 6.45) is 0. The number of amides is 2. The average Bonchev–Trinajstić information content (AvgIpc) is 2.46. The van der Waals surface area contributed by atoms with Crippen molar-refractivity contribution in [3.8, 4) is 5.75 Å². The van der Waals surface area contributed by atoms with Gasteiger partial charge in [0, 0.05) is 6.54 Å². The van der Waals surface area contributed by atoms with Gasteiger partial charge in [-0.2, -0.15) is 0 Å². The number of carbonyl (C=O) groups is 2. The van der Waals surface area contributed by atoms with Gasteiger partial charge in [-0.05, 0) is 12.1 Å². The van der Waals surface area contributed by atoms with Crippen molar-refractivity contribution in [3.05, 3.63) is 23.8 Å². The van der Waals surface area contributed by atoms with E-state index in [2.05, 4.69) is 0 Å². The van der Waals surface area contributed by atoms with Crippen LogP contribution in [0.2, 0.25) is 0 Å². The number of nitrogens with zero attached hydrogens (tertiary/aromatic N) is 1. The molecule has 1 unspecified atom stereocenters. The molecule has 1 saturated heterocycles. The second-order valence-electron chi connectivity index (χ2n) is 4.42. The number of hydrogen-bond acceptors (Lipinski definition) is 5. The molecule has 7 nitrogen and oxygen atoms in total. The lowest BCUT2D eigenvalue weighted by atomic mass is 10.1. The van der Waals surface area contributed by atoms with Crippen LogP contribution in [-0.4, -0.2) is 49.6 Å². The van der Waals surface area contributed by atoms with Crippen LogP contribution in [0.5, 0.6) is 5.75 Å². The molecule has 1 aromatic carbocycles. The standard InChI is InChI=1S/C13H17N3O4/c1-19-11-8(3-2-4-9(11)14)13(18)16-5-6-20-7-10(16)12(15)17/h2-4,10H,5-7,14H2,1H3,(H2,15,17). The Labute approximate surface area is 116 Å². The fourth-order valence-corrected chi connectivity index (χ4v) is 2.19. The summed E-state index contributed by atoms with van der Waals surface area (Å²) in [7, 11) is 1.44. The Bertz CT molecular complexity index is 532. The topological polar surface area (TPSA) is 108 Å². The smallest absolute Gasteiger partial charge is 0.258 e. The summed E-state index contributed by atoms with van der Waals surface area (Å²) in [4.78, 5) is 25.4. The van der Waals surface area contributed by atoms with E-state index in [1.54, 1.807) is 18.2 Å². The molecule has 1 atom stereocenters. The van der Waals surface area contributed by atoms with Gasteiger partial charge in [0.05, 0.1) is 31.6 Å². The van der Waals surface area contributed by atoms with Crippen LogP contribution in [0.3, 0.4) is 0 Å². The average molecular weight is 279 g/mol. The van der Waals surface area contributed by atoms with Crippen LogP contribution >= 0.6 is 0 Å². The zero-order valence-electron chi connectivity index (χ0n) is 11.2. The fraction of sp³-hybridized carbons (Fsp3) is 0.385. The van der Waals surface area contributed by atoms with Gasteiger partial charge < -0.3 is 25.8 Å². The van der Waals surface area contributed by atoms with E-state index in [1.807, 2.05) is 0 Å². The quantitative estimate of drug-likeness (QED) is 0.732. The molecule has 4 N–H and O–H groups in total. The van der Waals surface area contributed by atoms with Crippen LogP contribution in [0.15, 0.2) is 18.2 Å². The Morgan fingerprint density at radius 3 is 2.85 bits per heavy atom. The molecule has 1 fully saturated rings. The van der Waals surface area contributed by atoms with Crippen LogP contribution < -0.4 is 16.2 Å². The number of benzene rings is 1. The second-order valence-corrected chi connectivity index (χ2v) is 4.42. The Morgan fingerprint density at radius 2 is 2.20 bits per heavy atom. The first-order valence-electron chi connectivity index (χ1n) is 6.16. The number of carbonyl (C=O) groups excluding carboxylic acids is 2. The highest BCUT2D eigenvalue weighted by Crippen LogP contribution is 2.27. The van der Waals surface area contributed by atoms with Crippen LogP contribution in [0.25, 0.3) is 0 Å². The molecule has 1 heterocycles. The third-order valence-corrected chi connectivity index (χ3v) is 3.20. The molecule has 1 aliphatic rings. The van der Waals surface area contributed by atoms with Gasteiger partial charge in [-0.15, -0.1) is 0 Å². The lowest BCUT2D eigenvalue weighted by Gasteiger charge is -2.33. The molecule has 0 saturated carbocycles. The molecule has 20 heavy (non-hydrogen) atoms. The minimum absolute atomic E-state index is 0.103. The van der Waals surface area contributed by atoms with Gasteiger partial charge in [0.1, 0.15) is 6.04 Å². The maximum Gasteiger partial charge on any atom is 0.258 e. The minimum Gasteiger partial charge on any atom is -0.494 e. The second kappa shape index (κ2) is 5.79. The number of primary amides is 1. The normalized spacial score (nSPS) is 18.6. The van der Waals surface area contributed by atoms with Gasteiger partial charge in [-0.1, -0.05) is 6.07 Å². The number of hydrogen-bond donors (Lipinski definition) is 2. The van der Waals surface area contributed by atoms with Gasteiger partial charge in [-0.3, -0.25) is 9.59 Å². The first kappa shape index (κ1) is 14.1. The Morgan fingerprint density at radius 1 is 1.45 bits per heavy atom. The zero-order chi connectivity index (χ0) is 14.7. The molecule has 108 valence electrons. The zero-order valence-corrected chi connectivity index (χ0v) is 11.2. The van der Waals surface area contributed by atoms with E-state index in [1.165, 1.54) is 12.0 Å². The molecule has 0 aliphatic carbocycles.